The van der Waals surface area contributed by atoms with Gasteiger partial charge in [-0.15, -0.1) is 0 Å². The molecule has 0 spiro atoms. The molecular formula is C12H15NO2. The summed E-state index contributed by atoms with van der Waals surface area (Å²) < 4.78 is 0. The first-order valence-electron chi connectivity index (χ1n) is 5.77. The summed E-state index contributed by atoms with van der Waals surface area (Å²) >= 11 is 0. The highest BCUT2D eigenvalue weighted by Crippen LogP contribution is 2.49. The lowest BCUT2D eigenvalue weighted by atomic mass is 9.63. The summed E-state index contributed by atoms with van der Waals surface area (Å²) in [6, 6.07) is 0. The Morgan fingerprint density at radius 2 is 1.60 bits per heavy atom. The minimum absolute atomic E-state index is 0.0267. The van der Waals surface area contributed by atoms with Gasteiger partial charge in [0, 0.05) is 6.54 Å². The second-order valence-electron chi connectivity index (χ2n) is 4.76. The number of nitrogens with zero attached hydrogens (tertiary/aromatic N) is 1. The van der Waals surface area contributed by atoms with Crippen molar-refractivity contribution in [3.8, 4) is 0 Å². The fourth-order valence-corrected chi connectivity index (χ4v) is 3.45. The van der Waals surface area contributed by atoms with Crippen molar-refractivity contribution >= 4 is 11.8 Å². The van der Waals surface area contributed by atoms with Crippen LogP contribution in [0.2, 0.25) is 0 Å². The molecule has 4 aliphatic rings. The molecular weight excluding hydrogens is 190 g/mol. The van der Waals surface area contributed by atoms with Crippen LogP contribution in [-0.2, 0) is 9.59 Å². The number of hydrogen-bond donors (Lipinski definition) is 0. The van der Waals surface area contributed by atoms with Gasteiger partial charge >= 0.3 is 0 Å². The number of imide groups is 1. The van der Waals surface area contributed by atoms with Gasteiger partial charge < -0.3 is 0 Å². The monoisotopic (exact) mass is 205 g/mol. The Labute approximate surface area is 89.1 Å². The van der Waals surface area contributed by atoms with Crippen molar-refractivity contribution in [3.05, 3.63) is 12.2 Å². The highest BCUT2D eigenvalue weighted by molar-refractivity contribution is 6.06. The molecule has 4 rings (SSSR count). The quantitative estimate of drug-likeness (QED) is 0.476. The van der Waals surface area contributed by atoms with Crippen molar-refractivity contribution in [2.75, 3.05) is 6.54 Å². The molecule has 0 aromatic carbocycles. The number of carbonyl (C=O) groups excluding carboxylic acids is 2. The van der Waals surface area contributed by atoms with Crippen LogP contribution in [0.4, 0.5) is 0 Å². The topological polar surface area (TPSA) is 37.4 Å². The third kappa shape index (κ3) is 1.01. The van der Waals surface area contributed by atoms with Gasteiger partial charge in [0.2, 0.25) is 11.8 Å². The Morgan fingerprint density at radius 3 is 1.93 bits per heavy atom. The first kappa shape index (κ1) is 9.13. The van der Waals surface area contributed by atoms with E-state index in [2.05, 4.69) is 12.2 Å². The van der Waals surface area contributed by atoms with Crippen LogP contribution in [0.25, 0.3) is 0 Å². The van der Waals surface area contributed by atoms with E-state index in [9.17, 15) is 9.59 Å². The van der Waals surface area contributed by atoms with Crippen LogP contribution >= 0.6 is 0 Å². The Balaban J connectivity index is 2.02. The minimum Gasteiger partial charge on any atom is -0.282 e. The number of hydrogen-bond acceptors (Lipinski definition) is 2. The number of allylic oxidation sites excluding steroid dienone is 2. The molecule has 2 amide bonds. The highest BCUT2D eigenvalue weighted by Gasteiger charge is 2.55. The van der Waals surface area contributed by atoms with Crippen molar-refractivity contribution in [1.82, 2.24) is 4.90 Å². The molecule has 1 heterocycles. The number of rotatable bonds is 1. The zero-order valence-electron chi connectivity index (χ0n) is 8.85. The van der Waals surface area contributed by atoms with Crippen molar-refractivity contribution in [2.24, 2.45) is 23.7 Å². The molecule has 15 heavy (non-hydrogen) atoms. The average molecular weight is 205 g/mol. The molecule has 0 aromatic rings. The minimum atomic E-state index is -0.0267. The maximum Gasteiger partial charge on any atom is 0.233 e. The third-order valence-electron chi connectivity index (χ3n) is 4.17. The van der Waals surface area contributed by atoms with Gasteiger partial charge in [0.1, 0.15) is 0 Å². The van der Waals surface area contributed by atoms with Gasteiger partial charge in [-0.2, -0.15) is 0 Å². The van der Waals surface area contributed by atoms with Gasteiger partial charge in [-0.05, 0) is 31.6 Å². The normalized spacial score (nSPS) is 42.6. The molecule has 3 aliphatic carbocycles. The van der Waals surface area contributed by atoms with Crippen molar-refractivity contribution < 1.29 is 9.59 Å². The van der Waals surface area contributed by atoms with E-state index >= 15 is 0 Å². The van der Waals surface area contributed by atoms with E-state index in [1.165, 1.54) is 4.90 Å². The van der Waals surface area contributed by atoms with E-state index in [1.807, 2.05) is 6.92 Å². The first-order valence-corrected chi connectivity index (χ1v) is 5.77. The lowest BCUT2D eigenvalue weighted by molar-refractivity contribution is -0.139. The van der Waals surface area contributed by atoms with E-state index in [4.69, 9.17) is 0 Å². The van der Waals surface area contributed by atoms with Gasteiger partial charge in [0.25, 0.3) is 0 Å². The van der Waals surface area contributed by atoms with Gasteiger partial charge in [-0.1, -0.05) is 12.2 Å². The Kier molecular flexibility index (Phi) is 1.79. The molecule has 2 bridgehead atoms. The summed E-state index contributed by atoms with van der Waals surface area (Å²) in [6.07, 6.45) is 6.47. The predicted molar refractivity (Wildman–Crippen MR) is 54.7 cm³/mol. The molecule has 0 radical (unpaired) electrons. The second kappa shape index (κ2) is 2.94. The largest absolute Gasteiger partial charge is 0.282 e. The van der Waals surface area contributed by atoms with Gasteiger partial charge in [-0.25, -0.2) is 0 Å². The van der Waals surface area contributed by atoms with E-state index < -0.39 is 0 Å². The summed E-state index contributed by atoms with van der Waals surface area (Å²) in [4.78, 5) is 25.5. The van der Waals surface area contributed by atoms with Crippen LogP contribution in [0, 0.1) is 23.7 Å². The van der Waals surface area contributed by atoms with Crippen LogP contribution < -0.4 is 0 Å². The molecule has 3 nitrogen and oxygen atoms in total. The maximum absolute atomic E-state index is 12.0. The molecule has 1 saturated heterocycles. The lowest BCUT2D eigenvalue weighted by Gasteiger charge is -2.38. The Hall–Kier alpha value is -1.12. The van der Waals surface area contributed by atoms with Crippen molar-refractivity contribution in [3.63, 3.8) is 0 Å². The van der Waals surface area contributed by atoms with E-state index in [0.717, 1.165) is 12.8 Å². The summed E-state index contributed by atoms with van der Waals surface area (Å²) in [5.41, 5.74) is 0. The van der Waals surface area contributed by atoms with E-state index in [-0.39, 0.29) is 23.7 Å². The molecule has 1 aliphatic heterocycles. The first-order chi connectivity index (χ1) is 7.24. The third-order valence-corrected chi connectivity index (χ3v) is 4.17. The second-order valence-corrected chi connectivity index (χ2v) is 4.76. The molecule has 0 unspecified atom stereocenters. The number of fused-ring (bicyclic) bond motifs is 1. The summed E-state index contributed by atoms with van der Waals surface area (Å²) in [5, 5.41) is 0. The number of amides is 2. The molecule has 0 N–H and O–H groups in total. The zero-order chi connectivity index (χ0) is 10.6. The summed E-state index contributed by atoms with van der Waals surface area (Å²) in [5.74, 6) is 0.751. The van der Waals surface area contributed by atoms with Crippen molar-refractivity contribution in [2.45, 2.75) is 19.8 Å². The standard InChI is InChI=1S/C12H15NO2/c1-2-13-11(14)9-7-3-4-8(6-5-7)10(9)12(13)15/h3-4,7-10H,2,5-6H2,1H3/t7-,8+,9-,10+. The van der Waals surface area contributed by atoms with Crippen molar-refractivity contribution in [1.29, 1.82) is 0 Å². The summed E-state index contributed by atoms with van der Waals surface area (Å²) in [6.45, 7) is 2.41. The molecule has 1 saturated carbocycles. The average Bonchev–Trinajstić information content (AvgIpc) is 2.55. The van der Waals surface area contributed by atoms with Gasteiger partial charge in [0.05, 0.1) is 11.8 Å². The Bertz CT molecular complexity index is 329. The molecule has 80 valence electrons. The highest BCUT2D eigenvalue weighted by atomic mass is 16.2. The molecule has 2 fully saturated rings. The zero-order valence-corrected chi connectivity index (χ0v) is 8.85. The Morgan fingerprint density at radius 1 is 1.13 bits per heavy atom. The SMILES string of the molecule is CCN1C(=O)[C@@H]2[C@H](C1=O)[C@@H]1C=C[C@H]2CC1. The van der Waals surface area contributed by atoms with E-state index in [1.54, 1.807) is 0 Å². The molecule has 4 atom stereocenters. The smallest absolute Gasteiger partial charge is 0.233 e. The van der Waals surface area contributed by atoms with Crippen LogP contribution in [0.5, 0.6) is 0 Å². The van der Waals surface area contributed by atoms with E-state index in [0.29, 0.717) is 18.4 Å². The molecule has 3 heteroatoms. The molecule has 0 aromatic heterocycles. The van der Waals surface area contributed by atoms with Crippen LogP contribution in [0.3, 0.4) is 0 Å². The fourth-order valence-electron chi connectivity index (χ4n) is 3.45. The fraction of sp³-hybridized carbons (Fsp3) is 0.667. The van der Waals surface area contributed by atoms with Crippen LogP contribution in [0.15, 0.2) is 12.2 Å². The number of carbonyl (C=O) groups is 2. The summed E-state index contributed by atoms with van der Waals surface area (Å²) in [7, 11) is 0. The number of likely N-dealkylation sites (tertiary alicyclic amines) is 1. The maximum atomic E-state index is 12.0. The van der Waals surface area contributed by atoms with Gasteiger partial charge in [-0.3, -0.25) is 14.5 Å². The van der Waals surface area contributed by atoms with Gasteiger partial charge in [0.15, 0.2) is 0 Å². The van der Waals surface area contributed by atoms with Crippen LogP contribution in [-0.4, -0.2) is 23.3 Å². The lowest BCUT2D eigenvalue weighted by Crippen LogP contribution is -2.38. The van der Waals surface area contributed by atoms with Crippen LogP contribution in [0.1, 0.15) is 19.8 Å². The predicted octanol–water partition coefficient (Wildman–Crippen LogP) is 1.20.